The van der Waals surface area contributed by atoms with E-state index in [0.29, 0.717) is 23.0 Å². The highest BCUT2D eigenvalue weighted by Crippen LogP contribution is 2.34. The number of halogens is 3. The van der Waals surface area contributed by atoms with Crippen LogP contribution in [-0.2, 0) is 6.18 Å². The molecular weight excluding hydrogens is 449 g/mol. The summed E-state index contributed by atoms with van der Waals surface area (Å²) in [4.78, 5) is 20.9. The fraction of sp³-hybridized carbons (Fsp3) is 0.458. The van der Waals surface area contributed by atoms with E-state index < -0.39 is 17.8 Å². The minimum Gasteiger partial charge on any atom is -0.489 e. The Labute approximate surface area is 196 Å². The Bertz CT molecular complexity index is 1120. The van der Waals surface area contributed by atoms with Crippen LogP contribution in [0.25, 0.3) is 5.65 Å². The van der Waals surface area contributed by atoms with Crippen LogP contribution in [0, 0.1) is 0 Å². The highest BCUT2D eigenvalue weighted by Gasteiger charge is 2.33. The number of alkyl halides is 3. The maximum atomic E-state index is 13.0. The number of aliphatic hydroxyl groups excluding tert-OH is 1. The topological polar surface area (TPSA) is 88.8 Å². The van der Waals surface area contributed by atoms with Crippen molar-refractivity contribution in [2.45, 2.75) is 64.1 Å². The van der Waals surface area contributed by atoms with Gasteiger partial charge in [0.25, 0.3) is 5.91 Å². The summed E-state index contributed by atoms with van der Waals surface area (Å²) in [5.41, 5.74) is 0.581. The van der Waals surface area contributed by atoms with Crippen molar-refractivity contribution in [2.24, 2.45) is 0 Å². The minimum atomic E-state index is -4.63. The molecule has 10 heteroatoms. The maximum absolute atomic E-state index is 13.0. The van der Waals surface area contributed by atoms with Crippen LogP contribution >= 0.6 is 0 Å². The summed E-state index contributed by atoms with van der Waals surface area (Å²) in [6, 6.07) is 4.96. The van der Waals surface area contributed by atoms with Gasteiger partial charge in [-0.2, -0.15) is 13.2 Å². The smallest absolute Gasteiger partial charge is 0.433 e. The van der Waals surface area contributed by atoms with E-state index in [-0.39, 0.29) is 11.8 Å². The summed E-state index contributed by atoms with van der Waals surface area (Å²) < 4.78 is 46.6. The number of imidazole rings is 1. The van der Waals surface area contributed by atoms with Crippen LogP contribution in [0.4, 0.5) is 18.9 Å². The molecule has 1 aliphatic rings. The summed E-state index contributed by atoms with van der Waals surface area (Å²) in [7, 11) is 1.00. The zero-order chi connectivity index (χ0) is 24.9. The van der Waals surface area contributed by atoms with Crippen LogP contribution in [-0.4, -0.2) is 38.6 Å². The number of hydrogen-bond acceptors (Lipinski definition) is 5. The van der Waals surface area contributed by atoms with Gasteiger partial charge in [0.15, 0.2) is 0 Å². The quantitative estimate of drug-likeness (QED) is 0.510. The summed E-state index contributed by atoms with van der Waals surface area (Å²) in [5, 5.41) is 9.65. The largest absolute Gasteiger partial charge is 0.489 e. The van der Waals surface area contributed by atoms with Crippen molar-refractivity contribution in [2.75, 3.05) is 12.4 Å². The number of ether oxygens (including phenoxy) is 1. The molecule has 4 rings (SSSR count). The number of nitrogens with one attached hydrogen (secondary N) is 1. The molecule has 0 aliphatic heterocycles. The Kier molecular flexibility index (Phi) is 8.14. The van der Waals surface area contributed by atoms with Crippen molar-refractivity contribution in [3.8, 4) is 5.75 Å². The average Bonchev–Trinajstić information content (AvgIpc) is 3.23. The predicted molar refractivity (Wildman–Crippen MR) is 122 cm³/mol. The molecule has 3 heterocycles. The molecular formula is C24H29F3N4O3. The fourth-order valence-corrected chi connectivity index (χ4v) is 3.98. The Hall–Kier alpha value is -3.14. The van der Waals surface area contributed by atoms with Gasteiger partial charge in [0.05, 0.1) is 11.8 Å². The summed E-state index contributed by atoms with van der Waals surface area (Å²) in [6.07, 6.45) is 4.64. The van der Waals surface area contributed by atoms with Crippen molar-refractivity contribution >= 4 is 17.2 Å². The monoisotopic (exact) mass is 478 g/mol. The zero-order valence-electron chi connectivity index (χ0n) is 19.4. The maximum Gasteiger partial charge on any atom is 0.433 e. The van der Waals surface area contributed by atoms with Crippen LogP contribution in [0.2, 0.25) is 0 Å². The van der Waals surface area contributed by atoms with Gasteiger partial charge in [-0.25, -0.2) is 9.97 Å². The molecule has 0 aromatic carbocycles. The number of amides is 1. The number of anilines is 1. The van der Waals surface area contributed by atoms with Gasteiger partial charge in [-0.3, -0.25) is 4.79 Å². The molecule has 0 unspecified atom stereocenters. The Morgan fingerprint density at radius 1 is 1.15 bits per heavy atom. The first-order chi connectivity index (χ1) is 16.2. The van der Waals surface area contributed by atoms with Crippen LogP contribution in [0.1, 0.15) is 73.7 Å². The molecule has 0 saturated heterocycles. The predicted octanol–water partition coefficient (Wildman–Crippen LogP) is 5.44. The Balaban J connectivity index is 0.00000158. The summed E-state index contributed by atoms with van der Waals surface area (Å²) in [6.45, 7) is 3.70. The minimum absolute atomic E-state index is 0.174. The number of aromatic nitrogens is 3. The van der Waals surface area contributed by atoms with Gasteiger partial charge in [-0.1, -0.05) is 25.3 Å². The number of fused-ring (bicyclic) bond motifs is 1. The van der Waals surface area contributed by atoms with Gasteiger partial charge in [0.2, 0.25) is 0 Å². The van der Waals surface area contributed by atoms with E-state index in [0.717, 1.165) is 37.8 Å². The van der Waals surface area contributed by atoms with Crippen molar-refractivity contribution in [1.29, 1.82) is 0 Å². The van der Waals surface area contributed by atoms with Gasteiger partial charge in [-0.05, 0) is 38.8 Å². The van der Waals surface area contributed by atoms with E-state index in [1.54, 1.807) is 12.3 Å². The van der Waals surface area contributed by atoms with Gasteiger partial charge < -0.3 is 19.6 Å². The second-order valence-electron chi connectivity index (χ2n) is 8.34. The first-order valence-electron chi connectivity index (χ1n) is 11.2. The number of pyridine rings is 2. The standard InChI is InChI=1S/C23H25F3N4O2.CH4O/c1-14(2)32-19-11-21-28-17(15-7-4-3-5-8-15)12-30(21)13-18(19)29-22(31)16-9-6-10-20(27-16)23(24,25)26;1-2/h6,9-15H,3-5,7-8H2,1-2H3,(H,29,31);2H,1H3. The molecule has 1 saturated carbocycles. The van der Waals surface area contributed by atoms with E-state index >= 15 is 0 Å². The molecule has 34 heavy (non-hydrogen) atoms. The lowest BCUT2D eigenvalue weighted by molar-refractivity contribution is -0.141. The number of nitrogens with zero attached hydrogens (tertiary/aromatic N) is 3. The third-order valence-electron chi connectivity index (χ3n) is 5.48. The molecule has 0 spiro atoms. The molecule has 2 N–H and O–H groups in total. The molecule has 184 valence electrons. The average molecular weight is 479 g/mol. The molecule has 7 nitrogen and oxygen atoms in total. The first-order valence-corrected chi connectivity index (χ1v) is 11.2. The van der Waals surface area contributed by atoms with Crippen LogP contribution < -0.4 is 10.1 Å². The number of rotatable bonds is 5. The molecule has 0 radical (unpaired) electrons. The van der Waals surface area contributed by atoms with E-state index in [4.69, 9.17) is 14.8 Å². The highest BCUT2D eigenvalue weighted by atomic mass is 19.4. The number of carbonyl (C=O) groups is 1. The lowest BCUT2D eigenvalue weighted by Crippen LogP contribution is -2.18. The number of hydrogen-bond donors (Lipinski definition) is 2. The van der Waals surface area contributed by atoms with E-state index in [9.17, 15) is 18.0 Å². The third-order valence-corrected chi connectivity index (χ3v) is 5.48. The Morgan fingerprint density at radius 2 is 1.85 bits per heavy atom. The van der Waals surface area contributed by atoms with Gasteiger partial charge in [0, 0.05) is 31.5 Å². The lowest BCUT2D eigenvalue weighted by atomic mass is 9.87. The van der Waals surface area contributed by atoms with Crippen molar-refractivity contribution in [1.82, 2.24) is 14.4 Å². The third kappa shape index (κ3) is 6.05. The molecule has 1 aliphatic carbocycles. The normalized spacial score (nSPS) is 14.6. The molecule has 1 amide bonds. The van der Waals surface area contributed by atoms with Gasteiger partial charge in [-0.15, -0.1) is 0 Å². The molecule has 3 aromatic rings. The molecule has 0 atom stereocenters. The Morgan fingerprint density at radius 3 is 2.50 bits per heavy atom. The van der Waals surface area contributed by atoms with Crippen molar-refractivity contribution in [3.63, 3.8) is 0 Å². The van der Waals surface area contributed by atoms with E-state index in [1.807, 2.05) is 24.4 Å². The summed E-state index contributed by atoms with van der Waals surface area (Å²) >= 11 is 0. The van der Waals surface area contributed by atoms with Gasteiger partial charge in [0.1, 0.15) is 28.5 Å². The molecule has 0 bridgehead atoms. The summed E-state index contributed by atoms with van der Waals surface area (Å²) in [5.74, 6) is 0.0516. The number of carbonyl (C=O) groups excluding carboxylic acids is 1. The lowest BCUT2D eigenvalue weighted by Gasteiger charge is -2.19. The van der Waals surface area contributed by atoms with Crippen LogP contribution in [0.5, 0.6) is 5.75 Å². The second kappa shape index (κ2) is 10.9. The van der Waals surface area contributed by atoms with Crippen molar-refractivity contribution in [3.05, 3.63) is 53.7 Å². The van der Waals surface area contributed by atoms with Gasteiger partial charge >= 0.3 is 6.18 Å². The SMILES string of the molecule is CC(C)Oc1cc2nc(C3CCCCC3)cn2cc1NC(=O)c1cccc(C(F)(F)F)n1.CO. The first kappa shape index (κ1) is 25.5. The molecule has 1 fully saturated rings. The fourth-order valence-electron chi connectivity index (χ4n) is 3.98. The van der Waals surface area contributed by atoms with Crippen LogP contribution in [0.15, 0.2) is 36.7 Å². The van der Waals surface area contributed by atoms with E-state index in [2.05, 4.69) is 10.3 Å². The molecule has 3 aromatic heterocycles. The number of aliphatic hydroxyl groups is 1. The second-order valence-corrected chi connectivity index (χ2v) is 8.34. The zero-order valence-corrected chi connectivity index (χ0v) is 19.4. The van der Waals surface area contributed by atoms with E-state index in [1.165, 1.54) is 25.3 Å². The van der Waals surface area contributed by atoms with Crippen LogP contribution in [0.3, 0.4) is 0 Å². The van der Waals surface area contributed by atoms with Crippen molar-refractivity contribution < 1.29 is 27.8 Å². The highest BCUT2D eigenvalue weighted by molar-refractivity contribution is 6.03.